The van der Waals surface area contributed by atoms with E-state index in [1.807, 2.05) is 0 Å². The van der Waals surface area contributed by atoms with E-state index in [-0.39, 0.29) is 23.5 Å². The average molecular weight is 340 g/mol. The van der Waals surface area contributed by atoms with E-state index in [1.54, 1.807) is 38.2 Å². The molecule has 0 amide bonds. The first kappa shape index (κ1) is 16.8. The van der Waals surface area contributed by atoms with E-state index in [1.165, 1.54) is 23.8 Å². The molecule has 0 N–H and O–H groups in total. The van der Waals surface area contributed by atoms with Crippen LogP contribution in [-0.2, 0) is 11.3 Å². The highest BCUT2D eigenvalue weighted by atomic mass is 19.1. The molecule has 2 heterocycles. The first-order valence-electron chi connectivity index (χ1n) is 7.75. The molecule has 5 nitrogen and oxygen atoms in total. The number of rotatable bonds is 3. The van der Waals surface area contributed by atoms with E-state index < -0.39 is 5.97 Å². The van der Waals surface area contributed by atoms with Gasteiger partial charge in [0, 0.05) is 11.6 Å². The van der Waals surface area contributed by atoms with Crippen LogP contribution >= 0.6 is 0 Å². The molecule has 0 saturated heterocycles. The van der Waals surface area contributed by atoms with Gasteiger partial charge in [0.1, 0.15) is 5.82 Å². The summed E-state index contributed by atoms with van der Waals surface area (Å²) in [6, 6.07) is 7.79. The van der Waals surface area contributed by atoms with E-state index >= 15 is 0 Å². The molecule has 0 atom stereocenters. The Bertz CT molecular complexity index is 1040. The number of aromatic nitrogens is 2. The molecule has 0 aliphatic carbocycles. The van der Waals surface area contributed by atoms with E-state index in [4.69, 9.17) is 4.74 Å². The molecule has 3 aromatic rings. The smallest absolute Gasteiger partial charge is 0.340 e. The van der Waals surface area contributed by atoms with Crippen molar-refractivity contribution in [1.82, 2.24) is 9.55 Å². The number of aryl methyl sites for hydroxylation is 2. The highest BCUT2D eigenvalue weighted by Gasteiger charge is 2.19. The van der Waals surface area contributed by atoms with Gasteiger partial charge in [-0.25, -0.2) is 9.18 Å². The van der Waals surface area contributed by atoms with Gasteiger partial charge in [-0.1, -0.05) is 12.1 Å². The van der Waals surface area contributed by atoms with E-state index in [9.17, 15) is 14.0 Å². The lowest BCUT2D eigenvalue weighted by Crippen LogP contribution is -2.22. The molecule has 6 heteroatoms. The Kier molecular flexibility index (Phi) is 4.35. The molecule has 25 heavy (non-hydrogen) atoms. The third kappa shape index (κ3) is 3.03. The van der Waals surface area contributed by atoms with Crippen LogP contribution in [0.4, 0.5) is 4.39 Å². The van der Waals surface area contributed by atoms with Crippen LogP contribution in [0, 0.1) is 19.7 Å². The second-order valence-electron chi connectivity index (χ2n) is 5.82. The molecule has 0 saturated carbocycles. The number of ether oxygens (including phenoxy) is 1. The Morgan fingerprint density at radius 1 is 1.24 bits per heavy atom. The zero-order chi connectivity index (χ0) is 18.1. The Labute approximate surface area is 143 Å². The molecule has 3 rings (SSSR count). The lowest BCUT2D eigenvalue weighted by atomic mass is 10.0. The maximum absolute atomic E-state index is 13.4. The molecular formula is C19H17FN2O3. The second kappa shape index (κ2) is 6.47. The van der Waals surface area contributed by atoms with Crippen LogP contribution < -0.4 is 5.56 Å². The van der Waals surface area contributed by atoms with Crippen LogP contribution in [0.3, 0.4) is 0 Å². The Hall–Kier alpha value is -3.02. The second-order valence-corrected chi connectivity index (χ2v) is 5.82. The van der Waals surface area contributed by atoms with Crippen molar-refractivity contribution in [2.75, 3.05) is 7.11 Å². The fourth-order valence-corrected chi connectivity index (χ4v) is 3.01. The maximum Gasteiger partial charge on any atom is 0.340 e. The molecular weight excluding hydrogens is 323 g/mol. The Balaban J connectivity index is 2.21. The summed E-state index contributed by atoms with van der Waals surface area (Å²) in [4.78, 5) is 29.3. The minimum atomic E-state index is -0.530. The standard InChI is InChI=1S/C19H17FN2O3/c1-11-16-15(17(12(2)21-11)19(24)25-3)7-8-22(18(16)23)10-13-5-4-6-14(20)9-13/h4-9H,10H2,1-3H3. The minimum absolute atomic E-state index is 0.230. The number of hydrogen-bond acceptors (Lipinski definition) is 4. The van der Waals surface area contributed by atoms with Crippen molar-refractivity contribution in [3.8, 4) is 0 Å². The van der Waals surface area contributed by atoms with Gasteiger partial charge in [-0.3, -0.25) is 9.78 Å². The van der Waals surface area contributed by atoms with Gasteiger partial charge in [-0.2, -0.15) is 0 Å². The summed E-state index contributed by atoms with van der Waals surface area (Å²) in [6.45, 7) is 3.66. The zero-order valence-electron chi connectivity index (χ0n) is 14.2. The molecule has 0 spiro atoms. The third-order valence-electron chi connectivity index (χ3n) is 4.13. The van der Waals surface area contributed by atoms with Crippen molar-refractivity contribution in [2.45, 2.75) is 20.4 Å². The lowest BCUT2D eigenvalue weighted by molar-refractivity contribution is 0.0601. The topological polar surface area (TPSA) is 61.2 Å². The molecule has 2 aromatic heterocycles. The van der Waals surface area contributed by atoms with Crippen molar-refractivity contribution in [3.05, 3.63) is 75.2 Å². The highest BCUT2D eigenvalue weighted by Crippen LogP contribution is 2.22. The summed E-state index contributed by atoms with van der Waals surface area (Å²) in [5.74, 6) is -0.884. The van der Waals surface area contributed by atoms with Gasteiger partial charge in [0.15, 0.2) is 0 Å². The molecule has 128 valence electrons. The number of nitrogens with zero attached hydrogens (tertiary/aromatic N) is 2. The van der Waals surface area contributed by atoms with E-state index in [0.717, 1.165) is 0 Å². The lowest BCUT2D eigenvalue weighted by Gasteiger charge is -2.13. The van der Waals surface area contributed by atoms with Crippen LogP contribution in [0.2, 0.25) is 0 Å². The molecule has 0 fully saturated rings. The van der Waals surface area contributed by atoms with Crippen molar-refractivity contribution in [3.63, 3.8) is 0 Å². The molecule has 0 aliphatic rings. The molecule has 0 aliphatic heterocycles. The van der Waals surface area contributed by atoms with Gasteiger partial charge in [0.25, 0.3) is 5.56 Å². The summed E-state index contributed by atoms with van der Waals surface area (Å²) in [7, 11) is 1.29. The maximum atomic E-state index is 13.4. The van der Waals surface area contributed by atoms with Gasteiger partial charge in [0.2, 0.25) is 0 Å². The van der Waals surface area contributed by atoms with Crippen molar-refractivity contribution < 1.29 is 13.9 Å². The van der Waals surface area contributed by atoms with Crippen LogP contribution in [0.1, 0.15) is 27.3 Å². The highest BCUT2D eigenvalue weighted by molar-refractivity contribution is 6.05. The normalized spacial score (nSPS) is 10.9. The molecule has 0 bridgehead atoms. The number of halogens is 1. The van der Waals surface area contributed by atoms with E-state index in [2.05, 4.69) is 4.98 Å². The summed E-state index contributed by atoms with van der Waals surface area (Å²) in [5.41, 5.74) is 1.74. The van der Waals surface area contributed by atoms with Crippen LogP contribution in [0.15, 0.2) is 41.3 Å². The number of hydrogen-bond donors (Lipinski definition) is 0. The summed E-state index contributed by atoms with van der Waals surface area (Å²) >= 11 is 0. The van der Waals surface area contributed by atoms with Crippen molar-refractivity contribution in [1.29, 1.82) is 0 Å². The zero-order valence-corrected chi connectivity index (χ0v) is 14.2. The van der Waals surface area contributed by atoms with Gasteiger partial charge < -0.3 is 9.30 Å². The first-order chi connectivity index (χ1) is 11.9. The molecule has 1 aromatic carbocycles. The van der Waals surface area contributed by atoms with Gasteiger partial charge in [0.05, 0.1) is 36.0 Å². The number of carbonyl (C=O) groups is 1. The fraction of sp³-hybridized carbons (Fsp3) is 0.211. The first-order valence-corrected chi connectivity index (χ1v) is 7.75. The number of pyridine rings is 2. The third-order valence-corrected chi connectivity index (χ3v) is 4.13. The Morgan fingerprint density at radius 2 is 2.00 bits per heavy atom. The van der Waals surface area contributed by atoms with E-state index in [0.29, 0.717) is 27.7 Å². The predicted molar refractivity (Wildman–Crippen MR) is 92.3 cm³/mol. The SMILES string of the molecule is COC(=O)c1c(C)nc(C)c2c(=O)n(Cc3cccc(F)c3)ccc12. The Morgan fingerprint density at radius 3 is 2.68 bits per heavy atom. The van der Waals surface area contributed by atoms with Crippen molar-refractivity contribution >= 4 is 16.7 Å². The summed E-state index contributed by atoms with van der Waals surface area (Å²) in [5, 5.41) is 0.877. The summed E-state index contributed by atoms with van der Waals surface area (Å²) < 4.78 is 19.7. The number of carbonyl (C=O) groups excluding carboxylic acids is 1. The largest absolute Gasteiger partial charge is 0.465 e. The van der Waals surface area contributed by atoms with Gasteiger partial charge in [-0.15, -0.1) is 0 Å². The van der Waals surface area contributed by atoms with Crippen LogP contribution in [0.5, 0.6) is 0 Å². The number of esters is 1. The van der Waals surface area contributed by atoms with Crippen LogP contribution in [-0.4, -0.2) is 22.6 Å². The van der Waals surface area contributed by atoms with Crippen LogP contribution in [0.25, 0.3) is 10.8 Å². The van der Waals surface area contributed by atoms with Gasteiger partial charge >= 0.3 is 5.97 Å². The average Bonchev–Trinajstić information content (AvgIpc) is 2.56. The number of benzene rings is 1. The number of methoxy groups -OCH3 is 1. The van der Waals surface area contributed by atoms with Crippen molar-refractivity contribution in [2.24, 2.45) is 0 Å². The summed E-state index contributed by atoms with van der Waals surface area (Å²) in [6.07, 6.45) is 1.60. The number of fused-ring (bicyclic) bond motifs is 1. The molecule has 0 radical (unpaired) electrons. The quantitative estimate of drug-likeness (QED) is 0.688. The predicted octanol–water partition coefficient (Wildman–Crippen LogP) is 2.99. The fourth-order valence-electron chi connectivity index (χ4n) is 3.01. The molecule has 0 unspecified atom stereocenters. The van der Waals surface area contributed by atoms with Gasteiger partial charge in [-0.05, 0) is 37.6 Å². The minimum Gasteiger partial charge on any atom is -0.465 e. The monoisotopic (exact) mass is 340 g/mol.